The molecule has 0 N–H and O–H groups in total. The number of hydrogen-bond acceptors (Lipinski definition) is 5. The number of aryl methyl sites for hydroxylation is 1. The first-order valence-electron chi connectivity index (χ1n) is 10.4. The molecule has 4 rings (SSSR count). The van der Waals surface area contributed by atoms with E-state index in [1.54, 1.807) is 0 Å². The van der Waals surface area contributed by atoms with Crippen LogP contribution in [0.2, 0.25) is 0 Å². The highest BCUT2D eigenvalue weighted by Gasteiger charge is 2.22. The van der Waals surface area contributed by atoms with Crippen LogP contribution in [0.4, 0.5) is 5.69 Å². The van der Waals surface area contributed by atoms with Crippen LogP contribution in [0.1, 0.15) is 12.5 Å². The van der Waals surface area contributed by atoms with E-state index in [1.165, 1.54) is 23.0 Å². The second kappa shape index (κ2) is 9.34. The maximum absolute atomic E-state index is 12.8. The van der Waals surface area contributed by atoms with Gasteiger partial charge in [-0.2, -0.15) is 0 Å². The molecule has 1 aliphatic heterocycles. The van der Waals surface area contributed by atoms with Crippen LogP contribution in [0.5, 0.6) is 0 Å². The second-order valence-corrected chi connectivity index (χ2v) is 8.35. The summed E-state index contributed by atoms with van der Waals surface area (Å²) in [5.74, 6) is 1.40. The van der Waals surface area contributed by atoms with Crippen molar-refractivity contribution in [2.24, 2.45) is 0 Å². The Bertz CT molecular complexity index is 996. The average molecular weight is 422 g/mol. The minimum atomic E-state index is 0.162. The number of carbonyl (C=O) groups excluding carboxylic acids is 1. The number of aromatic nitrogens is 3. The minimum absolute atomic E-state index is 0.162. The van der Waals surface area contributed by atoms with Gasteiger partial charge in [-0.1, -0.05) is 53.7 Å². The van der Waals surface area contributed by atoms with E-state index in [9.17, 15) is 4.79 Å². The Morgan fingerprint density at radius 1 is 1.00 bits per heavy atom. The molecule has 1 saturated heterocycles. The molecule has 0 atom stereocenters. The Kier molecular flexibility index (Phi) is 6.38. The number of piperazine rings is 1. The minimum Gasteiger partial charge on any atom is -0.368 e. The molecule has 0 saturated carbocycles. The molecule has 156 valence electrons. The van der Waals surface area contributed by atoms with Crippen molar-refractivity contribution in [1.82, 2.24) is 19.7 Å². The molecule has 0 spiro atoms. The molecular weight excluding hydrogens is 394 g/mol. The lowest BCUT2D eigenvalue weighted by Crippen LogP contribution is -2.49. The summed E-state index contributed by atoms with van der Waals surface area (Å²) in [7, 11) is 0. The van der Waals surface area contributed by atoms with E-state index < -0.39 is 0 Å². The molecule has 6 nitrogen and oxygen atoms in total. The van der Waals surface area contributed by atoms with Gasteiger partial charge < -0.3 is 14.4 Å². The molecule has 0 bridgehead atoms. The number of benzene rings is 2. The fourth-order valence-electron chi connectivity index (χ4n) is 3.75. The van der Waals surface area contributed by atoms with Crippen molar-refractivity contribution in [3.63, 3.8) is 0 Å². The van der Waals surface area contributed by atoms with E-state index in [4.69, 9.17) is 0 Å². The number of carbonyl (C=O) groups is 1. The zero-order valence-corrected chi connectivity index (χ0v) is 18.3. The lowest BCUT2D eigenvalue weighted by molar-refractivity contribution is -0.128. The topological polar surface area (TPSA) is 54.3 Å². The molecule has 2 heterocycles. The van der Waals surface area contributed by atoms with Gasteiger partial charge in [0.05, 0.1) is 5.75 Å². The highest BCUT2D eigenvalue weighted by Crippen LogP contribution is 2.25. The van der Waals surface area contributed by atoms with Crippen LogP contribution in [0, 0.1) is 6.92 Å². The first-order valence-corrected chi connectivity index (χ1v) is 11.3. The summed E-state index contributed by atoms with van der Waals surface area (Å²) in [5.41, 5.74) is 3.47. The molecule has 1 amide bonds. The van der Waals surface area contributed by atoms with Crippen molar-refractivity contribution in [2.45, 2.75) is 25.5 Å². The van der Waals surface area contributed by atoms with E-state index >= 15 is 0 Å². The second-order valence-electron chi connectivity index (χ2n) is 7.41. The van der Waals surface area contributed by atoms with Gasteiger partial charge in [-0.25, -0.2) is 0 Å². The number of para-hydroxylation sites is 1. The van der Waals surface area contributed by atoms with Gasteiger partial charge in [0.1, 0.15) is 0 Å². The Labute approximate surface area is 181 Å². The van der Waals surface area contributed by atoms with E-state index in [1.807, 2.05) is 17.0 Å². The van der Waals surface area contributed by atoms with Crippen molar-refractivity contribution in [2.75, 3.05) is 36.8 Å². The molecule has 3 aromatic rings. The van der Waals surface area contributed by atoms with Crippen LogP contribution in [-0.2, 0) is 11.3 Å². The van der Waals surface area contributed by atoms with E-state index in [-0.39, 0.29) is 5.91 Å². The quantitative estimate of drug-likeness (QED) is 0.568. The lowest BCUT2D eigenvalue weighted by atomic mass is 10.1. The SMILES string of the molecule is CCn1c(SCC(=O)N2CCN(c3ccccc3)CC2)nnc1-c1cccc(C)c1. The van der Waals surface area contributed by atoms with Crippen molar-refractivity contribution in [1.29, 1.82) is 0 Å². The van der Waals surface area contributed by atoms with Gasteiger partial charge in [-0.15, -0.1) is 10.2 Å². The van der Waals surface area contributed by atoms with E-state index in [2.05, 4.69) is 76.0 Å². The van der Waals surface area contributed by atoms with Gasteiger partial charge in [-0.3, -0.25) is 4.79 Å². The zero-order valence-electron chi connectivity index (χ0n) is 17.5. The van der Waals surface area contributed by atoms with Gasteiger partial charge in [0.15, 0.2) is 11.0 Å². The predicted molar refractivity (Wildman–Crippen MR) is 122 cm³/mol. The standard InChI is InChI=1S/C23H27N5OS/c1-3-28-22(19-9-7-8-18(2)16-19)24-25-23(28)30-17-21(29)27-14-12-26(13-15-27)20-10-5-4-6-11-20/h4-11,16H,3,12-15,17H2,1-2H3. The summed E-state index contributed by atoms with van der Waals surface area (Å²) < 4.78 is 2.08. The van der Waals surface area contributed by atoms with Crippen LogP contribution < -0.4 is 4.90 Å². The number of thioether (sulfide) groups is 1. The van der Waals surface area contributed by atoms with Crippen LogP contribution in [0.15, 0.2) is 59.8 Å². The van der Waals surface area contributed by atoms with Crippen LogP contribution in [-0.4, -0.2) is 57.5 Å². The number of amides is 1. The van der Waals surface area contributed by atoms with Crippen LogP contribution in [0.3, 0.4) is 0 Å². The first-order chi connectivity index (χ1) is 14.7. The van der Waals surface area contributed by atoms with Crippen molar-refractivity contribution >= 4 is 23.4 Å². The smallest absolute Gasteiger partial charge is 0.233 e. The molecular formula is C23H27N5OS. The van der Waals surface area contributed by atoms with E-state index in [0.29, 0.717) is 5.75 Å². The van der Waals surface area contributed by atoms with Crippen molar-refractivity contribution < 1.29 is 4.79 Å². The van der Waals surface area contributed by atoms with Gasteiger partial charge in [0.2, 0.25) is 5.91 Å². The molecule has 30 heavy (non-hydrogen) atoms. The van der Waals surface area contributed by atoms with Crippen LogP contribution >= 0.6 is 11.8 Å². The van der Waals surface area contributed by atoms with Crippen LogP contribution in [0.25, 0.3) is 11.4 Å². The summed E-state index contributed by atoms with van der Waals surface area (Å²) in [4.78, 5) is 17.1. The Balaban J connectivity index is 1.35. The number of nitrogens with zero attached hydrogens (tertiary/aromatic N) is 5. The Hall–Kier alpha value is -2.80. The molecule has 0 aliphatic carbocycles. The molecule has 1 fully saturated rings. The Morgan fingerprint density at radius 2 is 1.77 bits per heavy atom. The molecule has 1 aromatic heterocycles. The molecule has 1 aliphatic rings. The molecule has 0 radical (unpaired) electrons. The summed E-state index contributed by atoms with van der Waals surface area (Å²) >= 11 is 1.47. The third-order valence-electron chi connectivity index (χ3n) is 5.39. The third-order valence-corrected chi connectivity index (χ3v) is 6.34. The summed E-state index contributed by atoms with van der Waals surface area (Å²) in [6.07, 6.45) is 0. The maximum atomic E-state index is 12.8. The summed E-state index contributed by atoms with van der Waals surface area (Å²) in [6, 6.07) is 18.6. The molecule has 7 heteroatoms. The fourth-order valence-corrected chi connectivity index (χ4v) is 4.65. The zero-order chi connectivity index (χ0) is 20.9. The maximum Gasteiger partial charge on any atom is 0.233 e. The Morgan fingerprint density at radius 3 is 2.47 bits per heavy atom. The highest BCUT2D eigenvalue weighted by molar-refractivity contribution is 7.99. The van der Waals surface area contributed by atoms with Gasteiger partial charge in [0, 0.05) is 44.0 Å². The number of rotatable bonds is 6. The van der Waals surface area contributed by atoms with E-state index in [0.717, 1.165) is 49.3 Å². The van der Waals surface area contributed by atoms with Crippen molar-refractivity contribution in [3.8, 4) is 11.4 Å². The van der Waals surface area contributed by atoms with Gasteiger partial charge in [-0.05, 0) is 32.0 Å². The van der Waals surface area contributed by atoms with Gasteiger partial charge >= 0.3 is 0 Å². The summed E-state index contributed by atoms with van der Waals surface area (Å²) in [5, 5.41) is 9.55. The van der Waals surface area contributed by atoms with Gasteiger partial charge in [0.25, 0.3) is 0 Å². The number of anilines is 1. The third kappa shape index (κ3) is 4.51. The highest BCUT2D eigenvalue weighted by atomic mass is 32.2. The van der Waals surface area contributed by atoms with Crippen molar-refractivity contribution in [3.05, 3.63) is 60.2 Å². The molecule has 0 unspecified atom stereocenters. The monoisotopic (exact) mass is 421 g/mol. The fraction of sp³-hybridized carbons (Fsp3) is 0.348. The normalized spacial score (nSPS) is 14.2. The average Bonchev–Trinajstić information content (AvgIpc) is 3.21. The summed E-state index contributed by atoms with van der Waals surface area (Å²) in [6.45, 7) is 8.15. The number of hydrogen-bond donors (Lipinski definition) is 0. The molecule has 2 aromatic carbocycles. The lowest BCUT2D eigenvalue weighted by Gasteiger charge is -2.36. The predicted octanol–water partition coefficient (Wildman–Crippen LogP) is 3.71. The first kappa shape index (κ1) is 20.5. The largest absolute Gasteiger partial charge is 0.368 e.